The third-order valence-electron chi connectivity index (χ3n) is 4.81. The van der Waals surface area contributed by atoms with Crippen LogP contribution in [0.2, 0.25) is 0 Å². The summed E-state index contributed by atoms with van der Waals surface area (Å²) in [6.45, 7) is 0. The Balaban J connectivity index is 2.07. The Morgan fingerprint density at radius 3 is 2.00 bits per heavy atom. The van der Waals surface area contributed by atoms with Crippen LogP contribution >= 0.6 is 0 Å². The fourth-order valence-corrected chi connectivity index (χ4v) is 3.57. The van der Waals surface area contributed by atoms with Gasteiger partial charge in [0, 0.05) is 29.1 Å². The van der Waals surface area contributed by atoms with E-state index in [1.165, 1.54) is 22.2 Å². The Morgan fingerprint density at radius 1 is 0.692 bits per heavy atom. The summed E-state index contributed by atoms with van der Waals surface area (Å²) in [7, 11) is 5.51. The number of ether oxygens (including phenoxy) is 2. The first kappa shape index (κ1) is 16.3. The number of nitrogens with zero attached hydrogens (tertiary/aromatic N) is 1. The first-order valence-corrected chi connectivity index (χ1v) is 8.59. The molecule has 0 saturated heterocycles. The lowest BCUT2D eigenvalue weighted by molar-refractivity contribution is 0.415. The number of methoxy groups -OCH3 is 2. The van der Waals surface area contributed by atoms with Crippen molar-refractivity contribution in [1.82, 2.24) is 4.57 Å². The molecular formula is C23H21NO2. The Labute approximate surface area is 153 Å². The van der Waals surface area contributed by atoms with Gasteiger partial charge in [-0.25, -0.2) is 0 Å². The van der Waals surface area contributed by atoms with Gasteiger partial charge in [-0.1, -0.05) is 42.5 Å². The second-order valence-corrected chi connectivity index (χ2v) is 6.26. The highest BCUT2D eigenvalue weighted by Gasteiger charge is 2.18. The summed E-state index contributed by atoms with van der Waals surface area (Å²) in [6.07, 6.45) is 0. The second kappa shape index (κ2) is 6.60. The molecule has 0 bridgehead atoms. The van der Waals surface area contributed by atoms with E-state index in [4.69, 9.17) is 9.47 Å². The molecule has 1 heterocycles. The highest BCUT2D eigenvalue weighted by Crippen LogP contribution is 2.41. The molecule has 0 N–H and O–H groups in total. The summed E-state index contributed by atoms with van der Waals surface area (Å²) in [5.41, 5.74) is 5.83. The van der Waals surface area contributed by atoms with Gasteiger partial charge < -0.3 is 14.0 Å². The molecule has 0 aliphatic rings. The number of aromatic nitrogens is 1. The SMILES string of the molecule is COc1cccc(-c2c(-c3cccc(OC)c3)n(C)c3ccccc23)c1. The van der Waals surface area contributed by atoms with Crippen LogP contribution in [0.25, 0.3) is 33.3 Å². The van der Waals surface area contributed by atoms with Gasteiger partial charge in [0.05, 0.1) is 19.9 Å². The van der Waals surface area contributed by atoms with E-state index in [-0.39, 0.29) is 0 Å². The van der Waals surface area contributed by atoms with Crippen molar-refractivity contribution in [3.05, 3.63) is 72.8 Å². The van der Waals surface area contributed by atoms with Crippen LogP contribution in [0.5, 0.6) is 11.5 Å². The quantitative estimate of drug-likeness (QED) is 0.486. The molecule has 0 aliphatic heterocycles. The van der Waals surface area contributed by atoms with Crippen LogP contribution in [0.3, 0.4) is 0 Å². The van der Waals surface area contributed by atoms with E-state index in [0.29, 0.717) is 0 Å². The highest BCUT2D eigenvalue weighted by molar-refractivity contribution is 6.04. The van der Waals surface area contributed by atoms with E-state index >= 15 is 0 Å². The predicted molar refractivity (Wildman–Crippen MR) is 107 cm³/mol. The number of para-hydroxylation sites is 1. The molecule has 26 heavy (non-hydrogen) atoms. The molecule has 0 amide bonds. The summed E-state index contributed by atoms with van der Waals surface area (Å²) >= 11 is 0. The van der Waals surface area contributed by atoms with Gasteiger partial charge in [-0.15, -0.1) is 0 Å². The number of benzene rings is 3. The smallest absolute Gasteiger partial charge is 0.119 e. The van der Waals surface area contributed by atoms with E-state index in [9.17, 15) is 0 Å². The minimum atomic E-state index is 0.851. The minimum absolute atomic E-state index is 0.851. The molecule has 0 fully saturated rings. The molecular weight excluding hydrogens is 322 g/mol. The molecule has 4 rings (SSSR count). The van der Waals surface area contributed by atoms with Crippen molar-refractivity contribution < 1.29 is 9.47 Å². The van der Waals surface area contributed by atoms with Gasteiger partial charge in [0.2, 0.25) is 0 Å². The maximum absolute atomic E-state index is 5.45. The number of hydrogen-bond donors (Lipinski definition) is 0. The van der Waals surface area contributed by atoms with Crippen LogP contribution in [0.1, 0.15) is 0 Å². The van der Waals surface area contributed by atoms with E-state index in [1.54, 1.807) is 14.2 Å². The maximum atomic E-state index is 5.45. The topological polar surface area (TPSA) is 23.4 Å². The van der Waals surface area contributed by atoms with Crippen molar-refractivity contribution in [2.24, 2.45) is 7.05 Å². The number of hydrogen-bond acceptors (Lipinski definition) is 2. The molecule has 0 radical (unpaired) electrons. The van der Waals surface area contributed by atoms with Crippen molar-refractivity contribution in [1.29, 1.82) is 0 Å². The third-order valence-corrected chi connectivity index (χ3v) is 4.81. The van der Waals surface area contributed by atoms with Gasteiger partial charge in [0.15, 0.2) is 0 Å². The lowest BCUT2D eigenvalue weighted by Crippen LogP contribution is -1.93. The number of aryl methyl sites for hydroxylation is 1. The van der Waals surface area contributed by atoms with Gasteiger partial charge >= 0.3 is 0 Å². The minimum Gasteiger partial charge on any atom is -0.497 e. The van der Waals surface area contributed by atoms with E-state index < -0.39 is 0 Å². The van der Waals surface area contributed by atoms with Crippen LogP contribution in [-0.2, 0) is 7.05 Å². The fourth-order valence-electron chi connectivity index (χ4n) is 3.57. The van der Waals surface area contributed by atoms with E-state index in [2.05, 4.69) is 60.1 Å². The average molecular weight is 343 g/mol. The van der Waals surface area contributed by atoms with Crippen molar-refractivity contribution in [3.63, 3.8) is 0 Å². The Morgan fingerprint density at radius 2 is 1.31 bits per heavy atom. The average Bonchev–Trinajstić information content (AvgIpc) is 3.01. The molecule has 130 valence electrons. The predicted octanol–water partition coefficient (Wildman–Crippen LogP) is 5.53. The van der Waals surface area contributed by atoms with Gasteiger partial charge in [-0.05, 0) is 35.9 Å². The monoisotopic (exact) mass is 343 g/mol. The highest BCUT2D eigenvalue weighted by atomic mass is 16.5. The molecule has 3 heteroatoms. The molecule has 0 spiro atoms. The van der Waals surface area contributed by atoms with Crippen LogP contribution in [0.4, 0.5) is 0 Å². The zero-order valence-corrected chi connectivity index (χ0v) is 15.2. The Bertz CT molecular complexity index is 1080. The summed E-state index contributed by atoms with van der Waals surface area (Å²) in [6, 6.07) is 24.9. The molecule has 4 aromatic rings. The van der Waals surface area contributed by atoms with Gasteiger partial charge in [0.1, 0.15) is 11.5 Å². The molecule has 0 atom stereocenters. The summed E-state index contributed by atoms with van der Waals surface area (Å²) in [5.74, 6) is 1.70. The summed E-state index contributed by atoms with van der Waals surface area (Å²) in [4.78, 5) is 0. The normalized spacial score (nSPS) is 10.9. The largest absolute Gasteiger partial charge is 0.497 e. The molecule has 0 unspecified atom stereocenters. The standard InChI is InChI=1S/C23H21NO2/c1-24-21-13-5-4-12-20(21)22(16-8-6-10-18(14-16)25-2)23(24)17-9-7-11-19(15-17)26-3/h4-15H,1-3H3. The van der Waals surface area contributed by atoms with Crippen LogP contribution < -0.4 is 9.47 Å². The number of rotatable bonds is 4. The van der Waals surface area contributed by atoms with Gasteiger partial charge in [0.25, 0.3) is 0 Å². The fraction of sp³-hybridized carbons (Fsp3) is 0.130. The van der Waals surface area contributed by atoms with Crippen LogP contribution in [-0.4, -0.2) is 18.8 Å². The van der Waals surface area contributed by atoms with Crippen molar-refractivity contribution >= 4 is 10.9 Å². The van der Waals surface area contributed by atoms with Crippen molar-refractivity contribution in [3.8, 4) is 33.9 Å². The van der Waals surface area contributed by atoms with E-state index in [0.717, 1.165) is 22.6 Å². The Hall–Kier alpha value is -3.20. The zero-order valence-electron chi connectivity index (χ0n) is 15.2. The van der Waals surface area contributed by atoms with E-state index in [1.807, 2.05) is 24.3 Å². The summed E-state index contributed by atoms with van der Waals surface area (Å²) < 4.78 is 13.1. The maximum Gasteiger partial charge on any atom is 0.119 e. The van der Waals surface area contributed by atoms with Crippen LogP contribution in [0.15, 0.2) is 72.8 Å². The third kappa shape index (κ3) is 2.62. The molecule has 3 aromatic carbocycles. The van der Waals surface area contributed by atoms with Crippen molar-refractivity contribution in [2.45, 2.75) is 0 Å². The molecule has 0 aliphatic carbocycles. The molecule has 1 aromatic heterocycles. The first-order valence-electron chi connectivity index (χ1n) is 8.59. The molecule has 0 saturated carbocycles. The zero-order chi connectivity index (χ0) is 18.1. The van der Waals surface area contributed by atoms with Crippen LogP contribution in [0, 0.1) is 0 Å². The first-order chi connectivity index (χ1) is 12.7. The lowest BCUT2D eigenvalue weighted by Gasteiger charge is -2.11. The molecule has 3 nitrogen and oxygen atoms in total. The van der Waals surface area contributed by atoms with Crippen molar-refractivity contribution in [2.75, 3.05) is 14.2 Å². The second-order valence-electron chi connectivity index (χ2n) is 6.26. The number of fused-ring (bicyclic) bond motifs is 1. The van der Waals surface area contributed by atoms with Gasteiger partial charge in [-0.2, -0.15) is 0 Å². The lowest BCUT2D eigenvalue weighted by atomic mass is 9.98. The Kier molecular flexibility index (Phi) is 4.13. The van der Waals surface area contributed by atoms with Gasteiger partial charge in [-0.3, -0.25) is 0 Å². The summed E-state index contributed by atoms with van der Waals surface area (Å²) in [5, 5.41) is 1.22.